The normalized spacial score (nSPS) is 17.5. The van der Waals surface area contributed by atoms with Gasteiger partial charge in [-0.05, 0) is 31.2 Å². The van der Waals surface area contributed by atoms with E-state index in [4.69, 9.17) is 0 Å². The van der Waals surface area contributed by atoms with Crippen LogP contribution in [-0.2, 0) is 0 Å². The lowest BCUT2D eigenvalue weighted by Gasteiger charge is -2.30. The van der Waals surface area contributed by atoms with E-state index < -0.39 is 0 Å². The summed E-state index contributed by atoms with van der Waals surface area (Å²) >= 11 is 0. The Labute approximate surface area is 77.9 Å². The van der Waals surface area contributed by atoms with Crippen molar-refractivity contribution in [3.8, 4) is 0 Å². The fraction of sp³-hybridized carbons (Fsp3) is 1.00. The van der Waals surface area contributed by atoms with E-state index in [-0.39, 0.29) is 0 Å². The molecular weight excluding hydrogens is 146 g/mol. The van der Waals surface area contributed by atoms with Gasteiger partial charge < -0.3 is 5.32 Å². The molecule has 0 aliphatic carbocycles. The van der Waals surface area contributed by atoms with E-state index in [1.807, 2.05) is 0 Å². The van der Waals surface area contributed by atoms with Crippen molar-refractivity contribution in [3.63, 3.8) is 0 Å². The monoisotopic (exact) mass is 171 g/mol. The highest BCUT2D eigenvalue weighted by molar-refractivity contribution is 4.75. The van der Waals surface area contributed by atoms with E-state index >= 15 is 0 Å². The Balaban J connectivity index is 3.90. The van der Waals surface area contributed by atoms with E-state index in [9.17, 15) is 0 Å². The fourth-order valence-electron chi connectivity index (χ4n) is 1.27. The van der Waals surface area contributed by atoms with Crippen LogP contribution in [0.2, 0.25) is 0 Å². The molecule has 0 fully saturated rings. The first kappa shape index (κ1) is 12.0. The zero-order valence-corrected chi connectivity index (χ0v) is 9.57. The van der Waals surface area contributed by atoms with Gasteiger partial charge in [-0.2, -0.15) is 0 Å². The molecule has 0 aromatic carbocycles. The Morgan fingerprint density at radius 2 is 1.75 bits per heavy atom. The summed E-state index contributed by atoms with van der Waals surface area (Å²) in [5, 5.41) is 3.35. The van der Waals surface area contributed by atoms with Crippen molar-refractivity contribution in [1.82, 2.24) is 5.32 Å². The van der Waals surface area contributed by atoms with E-state index in [1.54, 1.807) is 0 Å². The quantitative estimate of drug-likeness (QED) is 0.685. The van der Waals surface area contributed by atoms with Gasteiger partial charge in [0.25, 0.3) is 0 Å². The molecule has 74 valence electrons. The van der Waals surface area contributed by atoms with Gasteiger partial charge in [0.2, 0.25) is 0 Å². The maximum absolute atomic E-state index is 3.35. The molecule has 2 unspecified atom stereocenters. The zero-order valence-electron chi connectivity index (χ0n) is 9.57. The molecule has 0 aromatic heterocycles. The van der Waals surface area contributed by atoms with Crippen LogP contribution >= 0.6 is 0 Å². The van der Waals surface area contributed by atoms with Crippen LogP contribution in [0.5, 0.6) is 0 Å². The van der Waals surface area contributed by atoms with Crippen LogP contribution in [0, 0.1) is 11.3 Å². The molecule has 0 radical (unpaired) electrons. The first-order valence-electron chi connectivity index (χ1n) is 5.09. The average molecular weight is 171 g/mol. The average Bonchev–Trinajstić information content (AvgIpc) is 1.97. The molecule has 0 amide bonds. The highest BCUT2D eigenvalue weighted by Gasteiger charge is 2.21. The Bertz CT molecular complexity index is 109. The third kappa shape index (κ3) is 4.10. The molecule has 0 aliphatic rings. The molecule has 12 heavy (non-hydrogen) atoms. The second-order valence-corrected chi connectivity index (χ2v) is 4.90. The first-order chi connectivity index (χ1) is 5.41. The van der Waals surface area contributed by atoms with Crippen molar-refractivity contribution >= 4 is 0 Å². The minimum Gasteiger partial charge on any atom is -0.317 e. The zero-order chi connectivity index (χ0) is 9.78. The molecule has 0 saturated carbocycles. The molecule has 0 rings (SSSR count). The van der Waals surface area contributed by atoms with Gasteiger partial charge in [0, 0.05) is 6.04 Å². The highest BCUT2D eigenvalue weighted by Crippen LogP contribution is 2.29. The standard InChI is InChI=1S/C11H25N/c1-7-10(12-6)8-9(2)11(3,4)5/h9-10,12H,7-8H2,1-6H3. The summed E-state index contributed by atoms with van der Waals surface area (Å²) in [4.78, 5) is 0. The van der Waals surface area contributed by atoms with Gasteiger partial charge in [-0.25, -0.2) is 0 Å². The van der Waals surface area contributed by atoms with Crippen LogP contribution in [-0.4, -0.2) is 13.1 Å². The van der Waals surface area contributed by atoms with Crippen LogP contribution in [0.4, 0.5) is 0 Å². The van der Waals surface area contributed by atoms with Crippen LogP contribution in [0.1, 0.15) is 47.5 Å². The lowest BCUT2D eigenvalue weighted by molar-refractivity contribution is 0.223. The SMILES string of the molecule is CCC(CC(C)C(C)(C)C)NC. The lowest BCUT2D eigenvalue weighted by atomic mass is 9.78. The third-order valence-corrected chi connectivity index (χ3v) is 3.02. The maximum Gasteiger partial charge on any atom is 0.00641 e. The van der Waals surface area contributed by atoms with Crippen molar-refractivity contribution in [2.75, 3.05) is 7.05 Å². The van der Waals surface area contributed by atoms with Gasteiger partial charge >= 0.3 is 0 Å². The molecule has 2 atom stereocenters. The van der Waals surface area contributed by atoms with Crippen LogP contribution in [0.3, 0.4) is 0 Å². The number of rotatable bonds is 4. The van der Waals surface area contributed by atoms with Gasteiger partial charge in [-0.3, -0.25) is 0 Å². The molecule has 0 bridgehead atoms. The van der Waals surface area contributed by atoms with Crippen LogP contribution < -0.4 is 5.32 Å². The van der Waals surface area contributed by atoms with Gasteiger partial charge in [-0.15, -0.1) is 0 Å². The van der Waals surface area contributed by atoms with Crippen molar-refractivity contribution in [3.05, 3.63) is 0 Å². The highest BCUT2D eigenvalue weighted by atomic mass is 14.9. The van der Waals surface area contributed by atoms with E-state index in [0.717, 1.165) is 5.92 Å². The largest absolute Gasteiger partial charge is 0.317 e. The van der Waals surface area contributed by atoms with Crippen LogP contribution in [0.25, 0.3) is 0 Å². The summed E-state index contributed by atoms with van der Waals surface area (Å²) < 4.78 is 0. The Hall–Kier alpha value is -0.0400. The molecule has 1 heteroatoms. The van der Waals surface area contributed by atoms with Gasteiger partial charge in [0.1, 0.15) is 0 Å². The number of nitrogens with one attached hydrogen (secondary N) is 1. The number of hydrogen-bond acceptors (Lipinski definition) is 1. The summed E-state index contributed by atoms with van der Waals surface area (Å²) in [7, 11) is 2.06. The van der Waals surface area contributed by atoms with E-state index in [0.29, 0.717) is 11.5 Å². The van der Waals surface area contributed by atoms with Crippen molar-refractivity contribution in [1.29, 1.82) is 0 Å². The van der Waals surface area contributed by atoms with Gasteiger partial charge in [0.15, 0.2) is 0 Å². The molecule has 0 saturated heterocycles. The molecule has 1 nitrogen and oxygen atoms in total. The molecule has 0 spiro atoms. The molecule has 0 aromatic rings. The predicted molar refractivity (Wildman–Crippen MR) is 56.4 cm³/mol. The second-order valence-electron chi connectivity index (χ2n) is 4.90. The van der Waals surface area contributed by atoms with Gasteiger partial charge in [0.05, 0.1) is 0 Å². The lowest BCUT2D eigenvalue weighted by Crippen LogP contribution is -2.30. The number of hydrogen-bond donors (Lipinski definition) is 1. The summed E-state index contributed by atoms with van der Waals surface area (Å²) in [5.74, 6) is 0.787. The smallest absolute Gasteiger partial charge is 0.00641 e. The maximum atomic E-state index is 3.35. The van der Waals surface area contributed by atoms with Crippen molar-refractivity contribution in [2.45, 2.75) is 53.5 Å². The predicted octanol–water partition coefficient (Wildman–Crippen LogP) is 3.06. The summed E-state index contributed by atoms with van der Waals surface area (Å²) in [5.41, 5.74) is 0.449. The van der Waals surface area contributed by atoms with Crippen LogP contribution in [0.15, 0.2) is 0 Å². The molecule has 1 N–H and O–H groups in total. The minimum absolute atomic E-state index is 0.449. The first-order valence-corrected chi connectivity index (χ1v) is 5.09. The second kappa shape index (κ2) is 4.86. The Kier molecular flexibility index (Phi) is 4.84. The van der Waals surface area contributed by atoms with E-state index in [2.05, 4.69) is 47.0 Å². The topological polar surface area (TPSA) is 12.0 Å². The minimum atomic E-state index is 0.449. The molecule has 0 heterocycles. The third-order valence-electron chi connectivity index (χ3n) is 3.02. The summed E-state index contributed by atoms with van der Waals surface area (Å²) in [6.07, 6.45) is 2.52. The van der Waals surface area contributed by atoms with Crippen molar-refractivity contribution in [2.24, 2.45) is 11.3 Å². The Morgan fingerprint density at radius 3 is 2.00 bits per heavy atom. The van der Waals surface area contributed by atoms with E-state index in [1.165, 1.54) is 12.8 Å². The summed E-state index contributed by atoms with van der Waals surface area (Å²) in [6, 6.07) is 0.694. The van der Waals surface area contributed by atoms with Gasteiger partial charge in [-0.1, -0.05) is 34.6 Å². The Morgan fingerprint density at radius 1 is 1.25 bits per heavy atom. The fourth-order valence-corrected chi connectivity index (χ4v) is 1.27. The summed E-state index contributed by atoms with van der Waals surface area (Å²) in [6.45, 7) is 11.6. The van der Waals surface area contributed by atoms with Crippen molar-refractivity contribution < 1.29 is 0 Å². The molecule has 0 aliphatic heterocycles. The molecular formula is C11H25N.